The van der Waals surface area contributed by atoms with Gasteiger partial charge in [0, 0.05) is 49.4 Å². The van der Waals surface area contributed by atoms with Crippen LogP contribution in [0.1, 0.15) is 23.6 Å². The van der Waals surface area contributed by atoms with Gasteiger partial charge in [-0.05, 0) is 26.3 Å². The van der Waals surface area contributed by atoms with Crippen LogP contribution in [0.3, 0.4) is 0 Å². The molecule has 2 heterocycles. The Bertz CT molecular complexity index is 522. The topological polar surface area (TPSA) is 33.7 Å². The lowest BCUT2D eigenvalue weighted by Gasteiger charge is -2.33. The average molecular weight is 276 g/mol. The Morgan fingerprint density at radius 3 is 2.55 bits per heavy atom. The Morgan fingerprint density at radius 2 is 1.90 bits per heavy atom. The minimum absolute atomic E-state index is 0.246. The molecule has 0 aromatic heterocycles. The maximum Gasteiger partial charge on any atom is 0.166 e. The SMILES string of the molecule is COc1c(C)c(N2CCNCC2)c(C)c2c1OC(C)C2. The van der Waals surface area contributed by atoms with E-state index < -0.39 is 0 Å². The van der Waals surface area contributed by atoms with E-state index in [0.717, 1.165) is 44.1 Å². The fourth-order valence-corrected chi connectivity index (χ4v) is 3.52. The lowest BCUT2D eigenvalue weighted by atomic mass is 9.97. The molecule has 110 valence electrons. The normalized spacial score (nSPS) is 21.6. The maximum absolute atomic E-state index is 5.98. The Labute approximate surface area is 121 Å². The molecule has 3 rings (SSSR count). The van der Waals surface area contributed by atoms with Crippen molar-refractivity contribution in [1.29, 1.82) is 0 Å². The second-order valence-corrected chi connectivity index (χ2v) is 5.81. The van der Waals surface area contributed by atoms with Gasteiger partial charge in [-0.1, -0.05) is 0 Å². The van der Waals surface area contributed by atoms with Crippen molar-refractivity contribution in [2.24, 2.45) is 0 Å². The van der Waals surface area contributed by atoms with E-state index in [2.05, 4.69) is 31.0 Å². The maximum atomic E-state index is 5.98. The molecule has 2 aliphatic rings. The molecule has 1 unspecified atom stereocenters. The fourth-order valence-electron chi connectivity index (χ4n) is 3.52. The molecule has 0 saturated carbocycles. The van der Waals surface area contributed by atoms with Crippen LogP contribution in [0.5, 0.6) is 11.5 Å². The summed E-state index contributed by atoms with van der Waals surface area (Å²) < 4.78 is 11.6. The lowest BCUT2D eigenvalue weighted by Crippen LogP contribution is -2.44. The zero-order chi connectivity index (χ0) is 14.3. The third-order valence-electron chi connectivity index (χ3n) is 4.43. The predicted octanol–water partition coefficient (Wildman–Crippen LogP) is 2.05. The molecular weight excluding hydrogens is 252 g/mol. The summed E-state index contributed by atoms with van der Waals surface area (Å²) in [5, 5.41) is 3.41. The standard InChI is InChI=1S/C16H24N2O2/c1-10-9-13-11(2)14(18-7-5-17-6-8-18)12(3)15(19-4)16(13)20-10/h10,17H,5-9H2,1-4H3. The molecule has 4 heteroatoms. The monoisotopic (exact) mass is 276 g/mol. The summed E-state index contributed by atoms with van der Waals surface area (Å²) in [4.78, 5) is 2.48. The van der Waals surface area contributed by atoms with Crippen molar-refractivity contribution < 1.29 is 9.47 Å². The predicted molar refractivity (Wildman–Crippen MR) is 81.3 cm³/mol. The molecule has 1 fully saturated rings. The molecule has 0 spiro atoms. The molecule has 1 atom stereocenters. The molecule has 0 amide bonds. The second kappa shape index (κ2) is 5.17. The van der Waals surface area contributed by atoms with Crippen LogP contribution in [0.15, 0.2) is 0 Å². The smallest absolute Gasteiger partial charge is 0.166 e. The number of anilines is 1. The summed E-state index contributed by atoms with van der Waals surface area (Å²) >= 11 is 0. The Morgan fingerprint density at radius 1 is 1.20 bits per heavy atom. The Hall–Kier alpha value is -1.42. The van der Waals surface area contributed by atoms with Gasteiger partial charge in [0.1, 0.15) is 6.10 Å². The number of nitrogens with zero attached hydrogens (tertiary/aromatic N) is 1. The molecule has 0 radical (unpaired) electrons. The van der Waals surface area contributed by atoms with Gasteiger partial charge in [-0.25, -0.2) is 0 Å². The highest BCUT2D eigenvalue weighted by Crippen LogP contribution is 2.47. The van der Waals surface area contributed by atoms with Crippen molar-refractivity contribution in [3.8, 4) is 11.5 Å². The van der Waals surface area contributed by atoms with Gasteiger partial charge in [0.05, 0.1) is 7.11 Å². The minimum Gasteiger partial charge on any atom is -0.492 e. The Kier molecular flexibility index (Phi) is 3.50. The first kappa shape index (κ1) is 13.6. The highest BCUT2D eigenvalue weighted by molar-refractivity contribution is 5.72. The number of rotatable bonds is 2. The number of nitrogens with one attached hydrogen (secondary N) is 1. The van der Waals surface area contributed by atoms with Gasteiger partial charge < -0.3 is 19.7 Å². The van der Waals surface area contributed by atoms with Gasteiger partial charge in [-0.15, -0.1) is 0 Å². The van der Waals surface area contributed by atoms with E-state index in [4.69, 9.17) is 9.47 Å². The van der Waals surface area contributed by atoms with Crippen molar-refractivity contribution in [1.82, 2.24) is 5.32 Å². The number of piperazine rings is 1. The number of hydrogen-bond donors (Lipinski definition) is 1. The van der Waals surface area contributed by atoms with Gasteiger partial charge in [-0.3, -0.25) is 0 Å². The van der Waals surface area contributed by atoms with Crippen LogP contribution >= 0.6 is 0 Å². The molecular formula is C16H24N2O2. The number of hydrogen-bond acceptors (Lipinski definition) is 4. The largest absolute Gasteiger partial charge is 0.492 e. The van der Waals surface area contributed by atoms with Gasteiger partial charge in [0.25, 0.3) is 0 Å². The van der Waals surface area contributed by atoms with Crippen LogP contribution in [-0.2, 0) is 6.42 Å². The molecule has 0 aliphatic carbocycles. The number of benzene rings is 1. The molecule has 0 bridgehead atoms. The summed E-state index contributed by atoms with van der Waals surface area (Å²) in [6.45, 7) is 10.7. The highest BCUT2D eigenvalue weighted by atomic mass is 16.5. The highest BCUT2D eigenvalue weighted by Gasteiger charge is 2.30. The lowest BCUT2D eigenvalue weighted by molar-refractivity contribution is 0.243. The first-order valence-corrected chi connectivity index (χ1v) is 7.45. The Balaban J connectivity index is 2.12. The van der Waals surface area contributed by atoms with Crippen LogP contribution in [0.25, 0.3) is 0 Å². The van der Waals surface area contributed by atoms with Gasteiger partial charge in [-0.2, -0.15) is 0 Å². The van der Waals surface area contributed by atoms with E-state index in [0.29, 0.717) is 0 Å². The first-order chi connectivity index (χ1) is 9.63. The molecule has 1 N–H and O–H groups in total. The van der Waals surface area contributed by atoms with Crippen LogP contribution in [-0.4, -0.2) is 39.4 Å². The van der Waals surface area contributed by atoms with Gasteiger partial charge in [0.2, 0.25) is 0 Å². The number of fused-ring (bicyclic) bond motifs is 1. The van der Waals surface area contributed by atoms with Crippen molar-refractivity contribution in [2.75, 3.05) is 38.2 Å². The summed E-state index contributed by atoms with van der Waals surface area (Å²) in [6.07, 6.45) is 1.23. The van der Waals surface area contributed by atoms with Crippen LogP contribution in [0.4, 0.5) is 5.69 Å². The van der Waals surface area contributed by atoms with Crippen LogP contribution < -0.4 is 19.7 Å². The zero-order valence-electron chi connectivity index (χ0n) is 12.9. The van der Waals surface area contributed by atoms with E-state index in [1.807, 2.05) is 0 Å². The van der Waals surface area contributed by atoms with Crippen LogP contribution in [0.2, 0.25) is 0 Å². The molecule has 1 saturated heterocycles. The average Bonchev–Trinajstić information content (AvgIpc) is 2.82. The van der Waals surface area contributed by atoms with E-state index in [9.17, 15) is 0 Å². The van der Waals surface area contributed by atoms with E-state index >= 15 is 0 Å². The molecule has 4 nitrogen and oxygen atoms in total. The van der Waals surface area contributed by atoms with Crippen molar-refractivity contribution in [3.63, 3.8) is 0 Å². The molecule has 1 aromatic carbocycles. The van der Waals surface area contributed by atoms with Crippen LogP contribution in [0, 0.1) is 13.8 Å². The summed E-state index contributed by atoms with van der Waals surface area (Å²) in [5.41, 5.74) is 5.25. The first-order valence-electron chi connectivity index (χ1n) is 7.45. The van der Waals surface area contributed by atoms with Gasteiger partial charge in [0.15, 0.2) is 11.5 Å². The second-order valence-electron chi connectivity index (χ2n) is 5.81. The number of methoxy groups -OCH3 is 1. The van der Waals surface area contributed by atoms with Gasteiger partial charge >= 0.3 is 0 Å². The molecule has 20 heavy (non-hydrogen) atoms. The summed E-state index contributed by atoms with van der Waals surface area (Å²) in [6, 6.07) is 0. The third kappa shape index (κ3) is 2.03. The van der Waals surface area contributed by atoms with Crippen molar-refractivity contribution in [3.05, 3.63) is 16.7 Å². The summed E-state index contributed by atoms with van der Waals surface area (Å²) in [5.74, 6) is 1.89. The minimum atomic E-state index is 0.246. The van der Waals surface area contributed by atoms with Crippen molar-refractivity contribution in [2.45, 2.75) is 33.3 Å². The van der Waals surface area contributed by atoms with E-state index in [1.54, 1.807) is 7.11 Å². The number of ether oxygens (including phenoxy) is 2. The van der Waals surface area contributed by atoms with Crippen molar-refractivity contribution >= 4 is 5.69 Å². The third-order valence-corrected chi connectivity index (χ3v) is 4.43. The zero-order valence-corrected chi connectivity index (χ0v) is 12.9. The quantitative estimate of drug-likeness (QED) is 0.896. The molecule has 2 aliphatic heterocycles. The van der Waals surface area contributed by atoms with E-state index in [-0.39, 0.29) is 6.10 Å². The summed E-state index contributed by atoms with van der Waals surface area (Å²) in [7, 11) is 1.74. The van der Waals surface area contributed by atoms with E-state index in [1.165, 1.54) is 22.4 Å². The fraction of sp³-hybridized carbons (Fsp3) is 0.625. The molecule has 1 aromatic rings.